The number of benzene rings is 2. The zero-order valence-electron chi connectivity index (χ0n) is 16.6. The van der Waals surface area contributed by atoms with E-state index in [2.05, 4.69) is 20.4 Å². The maximum absolute atomic E-state index is 13.7. The number of nitrogens with one attached hydrogen (secondary N) is 1. The molecule has 0 fully saturated rings. The third kappa shape index (κ3) is 4.02. The van der Waals surface area contributed by atoms with Crippen LogP contribution in [-0.2, 0) is 12.7 Å². The molecular weight excluding hydrogens is 446 g/mol. The van der Waals surface area contributed by atoms with E-state index in [4.69, 9.17) is 9.47 Å². The highest BCUT2D eigenvalue weighted by Gasteiger charge is 2.36. The van der Waals surface area contributed by atoms with E-state index in [9.17, 15) is 22.4 Å². The van der Waals surface area contributed by atoms with E-state index in [1.807, 2.05) is 0 Å². The molecule has 0 spiro atoms. The number of fused-ring (bicyclic) bond motifs is 2. The fourth-order valence-electron chi connectivity index (χ4n) is 3.25. The van der Waals surface area contributed by atoms with Gasteiger partial charge in [0.1, 0.15) is 5.82 Å². The average Bonchev–Trinajstić information content (AvgIpc) is 3.43. The molecule has 168 valence electrons. The zero-order chi connectivity index (χ0) is 23.2. The minimum absolute atomic E-state index is 0.0609. The van der Waals surface area contributed by atoms with Crippen LogP contribution in [0.3, 0.4) is 0 Å². The Hall–Kier alpha value is -4.22. The molecule has 8 nitrogen and oxygen atoms in total. The molecule has 1 N–H and O–H groups in total. The molecular formula is C21H13F4N5O3. The van der Waals surface area contributed by atoms with Crippen molar-refractivity contribution in [1.29, 1.82) is 0 Å². The van der Waals surface area contributed by atoms with Crippen LogP contribution in [-0.4, -0.2) is 32.3 Å². The molecule has 0 aliphatic carbocycles. The summed E-state index contributed by atoms with van der Waals surface area (Å²) in [6.07, 6.45) is -4.80. The van der Waals surface area contributed by atoms with Gasteiger partial charge in [0, 0.05) is 12.1 Å². The average molecular weight is 459 g/mol. The van der Waals surface area contributed by atoms with E-state index in [1.165, 1.54) is 12.1 Å². The number of nitrogens with zero attached hydrogens (tertiary/aromatic N) is 4. The number of aromatic nitrogens is 4. The van der Waals surface area contributed by atoms with E-state index in [0.29, 0.717) is 21.6 Å². The molecule has 1 amide bonds. The summed E-state index contributed by atoms with van der Waals surface area (Å²) >= 11 is 0. The summed E-state index contributed by atoms with van der Waals surface area (Å²) in [5.74, 6) is -1.12. The van der Waals surface area contributed by atoms with Gasteiger partial charge in [0.05, 0.1) is 5.69 Å². The van der Waals surface area contributed by atoms with Crippen LogP contribution in [0.15, 0.2) is 48.5 Å². The van der Waals surface area contributed by atoms with Crippen molar-refractivity contribution in [2.24, 2.45) is 0 Å². The predicted molar refractivity (Wildman–Crippen MR) is 105 cm³/mol. The lowest BCUT2D eigenvalue weighted by atomic mass is 10.1. The summed E-state index contributed by atoms with van der Waals surface area (Å²) in [5.41, 5.74) is -0.325. The third-order valence-electron chi connectivity index (χ3n) is 4.84. The maximum Gasteiger partial charge on any atom is 0.433 e. The first-order valence-corrected chi connectivity index (χ1v) is 9.55. The molecule has 2 aromatic heterocycles. The fourth-order valence-corrected chi connectivity index (χ4v) is 3.25. The first kappa shape index (κ1) is 20.7. The van der Waals surface area contributed by atoms with Crippen LogP contribution >= 0.6 is 0 Å². The topological polar surface area (TPSA) is 90.6 Å². The summed E-state index contributed by atoms with van der Waals surface area (Å²) in [6, 6.07) is 10.6. The number of alkyl halides is 3. The lowest BCUT2D eigenvalue weighted by Gasteiger charge is -2.10. The minimum atomic E-state index is -4.80. The van der Waals surface area contributed by atoms with Gasteiger partial charge in [-0.05, 0) is 48.0 Å². The van der Waals surface area contributed by atoms with Crippen molar-refractivity contribution in [2.75, 3.05) is 6.79 Å². The van der Waals surface area contributed by atoms with Gasteiger partial charge in [-0.15, -0.1) is 5.10 Å². The molecule has 0 unspecified atom stereocenters. The van der Waals surface area contributed by atoms with Gasteiger partial charge in [-0.2, -0.15) is 22.7 Å². The zero-order valence-corrected chi connectivity index (χ0v) is 16.6. The summed E-state index contributed by atoms with van der Waals surface area (Å²) in [6.45, 7) is 0.163. The molecule has 0 radical (unpaired) electrons. The van der Waals surface area contributed by atoms with E-state index in [1.54, 1.807) is 18.2 Å². The van der Waals surface area contributed by atoms with Crippen LogP contribution in [0.4, 0.5) is 17.6 Å². The Morgan fingerprint density at radius 3 is 2.55 bits per heavy atom. The number of ether oxygens (including phenoxy) is 2. The van der Waals surface area contributed by atoms with Crippen molar-refractivity contribution >= 4 is 11.7 Å². The Balaban J connectivity index is 1.45. The number of carbonyl (C=O) groups is 1. The molecule has 0 saturated heterocycles. The highest BCUT2D eigenvalue weighted by molar-refractivity contribution is 5.90. The number of hydrogen-bond donors (Lipinski definition) is 1. The Labute approximate surface area is 182 Å². The Bertz CT molecular complexity index is 1370. The molecule has 1 aliphatic heterocycles. The van der Waals surface area contributed by atoms with Crippen molar-refractivity contribution in [3.05, 3.63) is 71.4 Å². The first-order valence-electron chi connectivity index (χ1n) is 9.55. The van der Waals surface area contributed by atoms with Crippen molar-refractivity contribution in [1.82, 2.24) is 24.9 Å². The number of carbonyl (C=O) groups excluding carboxylic acids is 1. The van der Waals surface area contributed by atoms with Gasteiger partial charge in [-0.3, -0.25) is 4.79 Å². The van der Waals surface area contributed by atoms with Crippen molar-refractivity contribution in [3.63, 3.8) is 0 Å². The van der Waals surface area contributed by atoms with Gasteiger partial charge in [0.25, 0.3) is 11.7 Å². The van der Waals surface area contributed by atoms with Gasteiger partial charge in [-0.1, -0.05) is 6.07 Å². The Morgan fingerprint density at radius 2 is 1.79 bits per heavy atom. The van der Waals surface area contributed by atoms with E-state index in [-0.39, 0.29) is 24.6 Å². The molecule has 5 rings (SSSR count). The largest absolute Gasteiger partial charge is 0.454 e. The first-order chi connectivity index (χ1) is 15.8. The third-order valence-corrected chi connectivity index (χ3v) is 4.84. The van der Waals surface area contributed by atoms with Gasteiger partial charge in [0.2, 0.25) is 12.6 Å². The molecule has 4 aromatic rings. The van der Waals surface area contributed by atoms with E-state index >= 15 is 0 Å². The summed E-state index contributed by atoms with van der Waals surface area (Å²) in [4.78, 5) is 20.5. The summed E-state index contributed by atoms with van der Waals surface area (Å²) in [7, 11) is 0. The fraction of sp³-hybridized carbons (Fsp3) is 0.143. The summed E-state index contributed by atoms with van der Waals surface area (Å²) < 4.78 is 65.1. The second-order valence-electron chi connectivity index (χ2n) is 7.05. The van der Waals surface area contributed by atoms with Crippen LogP contribution in [0.2, 0.25) is 0 Å². The van der Waals surface area contributed by atoms with Crippen molar-refractivity contribution in [3.8, 4) is 22.8 Å². The lowest BCUT2D eigenvalue weighted by Crippen LogP contribution is -2.24. The molecule has 0 bridgehead atoms. The van der Waals surface area contributed by atoms with Crippen molar-refractivity contribution in [2.45, 2.75) is 12.7 Å². The normalized spacial score (nSPS) is 12.8. The predicted octanol–water partition coefficient (Wildman–Crippen LogP) is 3.61. The molecule has 3 heterocycles. The van der Waals surface area contributed by atoms with Crippen molar-refractivity contribution < 1.29 is 31.8 Å². The van der Waals surface area contributed by atoms with Crippen LogP contribution in [0.5, 0.6) is 11.5 Å². The van der Waals surface area contributed by atoms with E-state index < -0.39 is 35.2 Å². The molecule has 1 aliphatic rings. The molecule has 12 heteroatoms. The molecule has 2 aromatic carbocycles. The van der Waals surface area contributed by atoms with Gasteiger partial charge in [0.15, 0.2) is 17.2 Å². The second-order valence-corrected chi connectivity index (χ2v) is 7.05. The minimum Gasteiger partial charge on any atom is -0.454 e. The number of hydrogen-bond acceptors (Lipinski definition) is 6. The highest BCUT2D eigenvalue weighted by Crippen LogP contribution is 2.33. The Morgan fingerprint density at radius 1 is 1.03 bits per heavy atom. The van der Waals surface area contributed by atoms with Gasteiger partial charge in [-0.25, -0.2) is 9.37 Å². The highest BCUT2D eigenvalue weighted by atomic mass is 19.4. The standard InChI is InChI=1S/C21H13F4N5O3/c22-13-4-2-12(3-5-13)14-8-17(21(23,24)25)30-20(27-14)28-18(29-30)19(31)26-9-11-1-6-15-16(7-11)33-10-32-15/h1-8H,9-10H2,(H,26,31). The number of amides is 1. The maximum atomic E-state index is 13.7. The quantitative estimate of drug-likeness (QED) is 0.469. The number of halogens is 4. The summed E-state index contributed by atoms with van der Waals surface area (Å²) in [5, 5.41) is 6.26. The molecule has 33 heavy (non-hydrogen) atoms. The monoisotopic (exact) mass is 459 g/mol. The van der Waals surface area contributed by atoms with Gasteiger partial charge < -0.3 is 14.8 Å². The lowest BCUT2D eigenvalue weighted by molar-refractivity contribution is -0.142. The van der Waals surface area contributed by atoms with Crippen LogP contribution in [0.25, 0.3) is 17.0 Å². The molecule has 0 atom stereocenters. The van der Waals surface area contributed by atoms with Gasteiger partial charge >= 0.3 is 6.18 Å². The van der Waals surface area contributed by atoms with Crippen LogP contribution < -0.4 is 14.8 Å². The SMILES string of the molecule is O=C(NCc1ccc2c(c1)OCO2)c1nc2nc(-c3ccc(F)cc3)cc(C(F)(F)F)n2n1. The Kier molecular flexibility index (Phi) is 4.84. The number of rotatable bonds is 4. The van der Waals surface area contributed by atoms with Crippen LogP contribution in [0.1, 0.15) is 21.9 Å². The van der Waals surface area contributed by atoms with E-state index in [0.717, 1.165) is 18.2 Å². The smallest absolute Gasteiger partial charge is 0.433 e. The van der Waals surface area contributed by atoms with Crippen LogP contribution in [0, 0.1) is 5.82 Å². The second kappa shape index (κ2) is 7.73. The molecule has 0 saturated carbocycles.